The van der Waals surface area contributed by atoms with Gasteiger partial charge in [-0.25, -0.2) is 0 Å². The Morgan fingerprint density at radius 1 is 1.28 bits per heavy atom. The predicted molar refractivity (Wildman–Crippen MR) is 103 cm³/mol. The first-order chi connectivity index (χ1) is 14.0. The number of carbonyl (C=O) groups excluding carboxylic acids is 3. The molecule has 0 saturated carbocycles. The van der Waals surface area contributed by atoms with Gasteiger partial charge in [0.05, 0.1) is 13.4 Å². The Bertz CT molecular complexity index is 894. The minimum absolute atomic E-state index is 0.0822. The summed E-state index contributed by atoms with van der Waals surface area (Å²) < 4.78 is 10.3. The molecular weight excluding hydrogens is 374 g/mol. The third kappa shape index (κ3) is 3.96. The van der Waals surface area contributed by atoms with Crippen molar-refractivity contribution in [1.82, 2.24) is 15.5 Å². The van der Waals surface area contributed by atoms with Gasteiger partial charge in [0.15, 0.2) is 5.76 Å². The third-order valence-corrected chi connectivity index (χ3v) is 5.48. The number of hydrogen-bond donors (Lipinski definition) is 2. The second-order valence-corrected chi connectivity index (χ2v) is 7.33. The summed E-state index contributed by atoms with van der Waals surface area (Å²) in [6, 6.07) is 9.35. The largest absolute Gasteiger partial charge is 0.497 e. The van der Waals surface area contributed by atoms with Crippen LogP contribution in [0.1, 0.15) is 29.0 Å². The van der Waals surface area contributed by atoms with Gasteiger partial charge in [0, 0.05) is 19.0 Å². The molecule has 2 saturated heterocycles. The number of piperidine rings is 1. The molecule has 2 N–H and O–H groups in total. The summed E-state index contributed by atoms with van der Waals surface area (Å²) in [5.41, 5.74) is 0.948. The summed E-state index contributed by atoms with van der Waals surface area (Å²) in [6.07, 6.45) is 2.85. The number of methoxy groups -OCH3 is 1. The van der Waals surface area contributed by atoms with Crippen LogP contribution in [0.5, 0.6) is 5.75 Å². The zero-order valence-electron chi connectivity index (χ0n) is 16.1. The summed E-state index contributed by atoms with van der Waals surface area (Å²) in [5.74, 6) is 0.400. The number of ether oxygens (including phenoxy) is 1. The molecule has 0 bridgehead atoms. The van der Waals surface area contributed by atoms with E-state index < -0.39 is 12.1 Å². The lowest BCUT2D eigenvalue weighted by molar-refractivity contribution is -0.151. The molecule has 0 unspecified atom stereocenters. The van der Waals surface area contributed by atoms with Crippen LogP contribution in [0.15, 0.2) is 47.1 Å². The molecule has 3 atom stereocenters. The van der Waals surface area contributed by atoms with Crippen LogP contribution in [0, 0.1) is 0 Å². The summed E-state index contributed by atoms with van der Waals surface area (Å²) in [4.78, 5) is 39.4. The van der Waals surface area contributed by atoms with Gasteiger partial charge in [-0.05, 0) is 42.7 Å². The number of hydrogen-bond acceptors (Lipinski definition) is 5. The smallest absolute Gasteiger partial charge is 0.287 e. The SMILES string of the molecule is COc1ccc(C[C@@H]2NC(=O)[C@@H]3C[C@@H](NC(=O)c4ccco4)CCN3C2=O)cc1. The van der Waals surface area contributed by atoms with Gasteiger partial charge in [-0.3, -0.25) is 14.4 Å². The van der Waals surface area contributed by atoms with E-state index in [1.165, 1.54) is 6.26 Å². The molecule has 8 heteroatoms. The van der Waals surface area contributed by atoms with Crippen LogP contribution >= 0.6 is 0 Å². The number of furan rings is 1. The van der Waals surface area contributed by atoms with Crippen molar-refractivity contribution >= 4 is 17.7 Å². The maximum Gasteiger partial charge on any atom is 0.287 e. The second kappa shape index (κ2) is 7.98. The van der Waals surface area contributed by atoms with Crippen LogP contribution in [0.25, 0.3) is 0 Å². The first kappa shape index (κ1) is 19.0. The maximum absolute atomic E-state index is 12.9. The van der Waals surface area contributed by atoms with Crippen molar-refractivity contribution in [2.45, 2.75) is 37.4 Å². The zero-order valence-corrected chi connectivity index (χ0v) is 16.1. The fourth-order valence-electron chi connectivity index (χ4n) is 3.94. The van der Waals surface area contributed by atoms with E-state index in [2.05, 4.69) is 10.6 Å². The van der Waals surface area contributed by atoms with E-state index in [4.69, 9.17) is 9.15 Å². The summed E-state index contributed by atoms with van der Waals surface area (Å²) in [7, 11) is 1.60. The van der Waals surface area contributed by atoms with Crippen molar-refractivity contribution in [3.8, 4) is 5.75 Å². The molecule has 1 aromatic carbocycles. The summed E-state index contributed by atoms with van der Waals surface area (Å²) in [6.45, 7) is 0.430. The Balaban J connectivity index is 1.38. The van der Waals surface area contributed by atoms with E-state index in [1.807, 2.05) is 24.3 Å². The summed E-state index contributed by atoms with van der Waals surface area (Å²) >= 11 is 0. The minimum atomic E-state index is -0.582. The van der Waals surface area contributed by atoms with E-state index in [-0.39, 0.29) is 29.5 Å². The molecule has 2 fully saturated rings. The van der Waals surface area contributed by atoms with Crippen LogP contribution in [0.2, 0.25) is 0 Å². The van der Waals surface area contributed by atoms with Crippen LogP contribution in [0.3, 0.4) is 0 Å². The van der Waals surface area contributed by atoms with E-state index in [0.29, 0.717) is 25.8 Å². The van der Waals surface area contributed by atoms with Crippen molar-refractivity contribution in [2.24, 2.45) is 0 Å². The predicted octanol–water partition coefficient (Wildman–Crippen LogP) is 1.12. The molecule has 3 amide bonds. The van der Waals surface area contributed by atoms with E-state index in [9.17, 15) is 14.4 Å². The van der Waals surface area contributed by atoms with Gasteiger partial charge in [0.25, 0.3) is 5.91 Å². The molecule has 2 aliphatic rings. The zero-order chi connectivity index (χ0) is 20.4. The number of nitrogens with one attached hydrogen (secondary N) is 2. The summed E-state index contributed by atoms with van der Waals surface area (Å²) in [5, 5.41) is 5.74. The average Bonchev–Trinajstić information content (AvgIpc) is 3.27. The minimum Gasteiger partial charge on any atom is -0.497 e. The highest BCUT2D eigenvalue weighted by Crippen LogP contribution is 2.24. The van der Waals surface area contributed by atoms with Gasteiger partial charge >= 0.3 is 0 Å². The molecule has 0 aliphatic carbocycles. The molecule has 1 aromatic heterocycles. The monoisotopic (exact) mass is 397 g/mol. The standard InChI is InChI=1S/C21H23N3O5/c1-28-15-6-4-13(5-7-15)11-16-21(27)24-9-8-14(12-17(24)19(25)23-16)22-20(26)18-3-2-10-29-18/h2-7,10,14,16-17H,8-9,11-12H2,1H3,(H,22,26)(H,23,25)/t14-,16-,17-/m0/s1. The Morgan fingerprint density at radius 3 is 2.76 bits per heavy atom. The lowest BCUT2D eigenvalue weighted by Crippen LogP contribution is -2.67. The second-order valence-electron chi connectivity index (χ2n) is 7.33. The van der Waals surface area contributed by atoms with Crippen LogP contribution in [0.4, 0.5) is 0 Å². The fourth-order valence-corrected chi connectivity index (χ4v) is 3.94. The van der Waals surface area contributed by atoms with Gasteiger partial charge in [0.1, 0.15) is 17.8 Å². The van der Waals surface area contributed by atoms with Gasteiger partial charge in [-0.2, -0.15) is 0 Å². The van der Waals surface area contributed by atoms with Crippen molar-refractivity contribution in [2.75, 3.05) is 13.7 Å². The lowest BCUT2D eigenvalue weighted by Gasteiger charge is -2.44. The van der Waals surface area contributed by atoms with Crippen molar-refractivity contribution in [1.29, 1.82) is 0 Å². The first-order valence-electron chi connectivity index (χ1n) is 9.63. The number of amides is 3. The highest BCUT2D eigenvalue weighted by molar-refractivity contribution is 5.97. The Hall–Kier alpha value is -3.29. The van der Waals surface area contributed by atoms with Gasteiger partial charge in [0.2, 0.25) is 11.8 Å². The van der Waals surface area contributed by atoms with Crippen LogP contribution < -0.4 is 15.4 Å². The average molecular weight is 397 g/mol. The highest BCUT2D eigenvalue weighted by Gasteiger charge is 2.44. The number of carbonyl (C=O) groups is 3. The molecule has 2 aromatic rings. The lowest BCUT2D eigenvalue weighted by atomic mass is 9.91. The van der Waals surface area contributed by atoms with Gasteiger partial charge in [-0.1, -0.05) is 12.1 Å². The van der Waals surface area contributed by atoms with Crippen LogP contribution in [-0.4, -0.2) is 54.4 Å². The van der Waals surface area contributed by atoms with Crippen molar-refractivity contribution < 1.29 is 23.5 Å². The Kier molecular flexibility index (Phi) is 5.24. The number of benzene rings is 1. The van der Waals surface area contributed by atoms with Crippen LogP contribution in [-0.2, 0) is 16.0 Å². The first-order valence-corrected chi connectivity index (χ1v) is 9.63. The maximum atomic E-state index is 12.9. The molecule has 0 spiro atoms. The normalized spacial score (nSPS) is 23.9. The number of piperazine rings is 1. The quantitative estimate of drug-likeness (QED) is 0.787. The van der Waals surface area contributed by atoms with Gasteiger partial charge in [-0.15, -0.1) is 0 Å². The Labute approximate surface area is 168 Å². The van der Waals surface area contributed by atoms with Crippen molar-refractivity contribution in [3.05, 3.63) is 54.0 Å². The van der Waals surface area contributed by atoms with E-state index >= 15 is 0 Å². The van der Waals surface area contributed by atoms with Crippen molar-refractivity contribution in [3.63, 3.8) is 0 Å². The fraction of sp³-hybridized carbons (Fsp3) is 0.381. The Morgan fingerprint density at radius 2 is 2.07 bits per heavy atom. The molecule has 3 heterocycles. The number of fused-ring (bicyclic) bond motifs is 1. The third-order valence-electron chi connectivity index (χ3n) is 5.48. The molecule has 4 rings (SSSR count). The molecular formula is C21H23N3O5. The molecule has 0 radical (unpaired) electrons. The molecule has 152 valence electrons. The molecule has 2 aliphatic heterocycles. The van der Waals surface area contributed by atoms with Gasteiger partial charge < -0.3 is 24.7 Å². The molecule has 8 nitrogen and oxygen atoms in total. The van der Waals surface area contributed by atoms with E-state index in [1.54, 1.807) is 24.1 Å². The molecule has 29 heavy (non-hydrogen) atoms. The number of nitrogens with zero attached hydrogens (tertiary/aromatic N) is 1. The highest BCUT2D eigenvalue weighted by atomic mass is 16.5. The van der Waals surface area contributed by atoms with E-state index in [0.717, 1.165) is 11.3 Å². The topological polar surface area (TPSA) is 101 Å². The number of rotatable bonds is 5.